The van der Waals surface area contributed by atoms with Gasteiger partial charge < -0.3 is 4.74 Å². The van der Waals surface area contributed by atoms with Crippen LogP contribution in [0.15, 0.2) is 78.9 Å². The van der Waals surface area contributed by atoms with Gasteiger partial charge in [0.05, 0.1) is 11.2 Å². The van der Waals surface area contributed by atoms with E-state index in [0.29, 0.717) is 23.6 Å². The Bertz CT molecular complexity index is 1080. The minimum absolute atomic E-state index is 0.296. The van der Waals surface area contributed by atoms with Crippen molar-refractivity contribution in [2.24, 2.45) is 0 Å². The largest absolute Gasteiger partial charge is 0.488 e. The molecule has 0 N–H and O–H groups in total. The van der Waals surface area contributed by atoms with Crippen molar-refractivity contribution in [3.63, 3.8) is 0 Å². The first-order valence-corrected chi connectivity index (χ1v) is 9.78. The summed E-state index contributed by atoms with van der Waals surface area (Å²) in [6.45, 7) is 0.440. The van der Waals surface area contributed by atoms with Gasteiger partial charge in [-0.05, 0) is 35.4 Å². The first-order valence-electron chi connectivity index (χ1n) is 8.66. The van der Waals surface area contributed by atoms with E-state index >= 15 is 0 Å². The lowest BCUT2D eigenvalue weighted by Gasteiger charge is -2.13. The van der Waals surface area contributed by atoms with E-state index in [-0.39, 0.29) is 5.82 Å². The second-order valence-corrected chi connectivity index (χ2v) is 6.81. The quantitative estimate of drug-likeness (QED) is 0.342. The number of halogens is 2. The van der Waals surface area contributed by atoms with Crippen molar-refractivity contribution in [1.82, 2.24) is 4.98 Å². The highest BCUT2D eigenvalue weighted by atomic mass is 79.9. The van der Waals surface area contributed by atoms with Gasteiger partial charge in [0, 0.05) is 22.3 Å². The number of aromatic nitrogens is 1. The Balaban J connectivity index is 1.81. The summed E-state index contributed by atoms with van der Waals surface area (Å²) in [5.41, 5.74) is 4.02. The second kappa shape index (κ2) is 7.89. The molecule has 0 aliphatic heterocycles. The van der Waals surface area contributed by atoms with E-state index in [1.54, 1.807) is 12.1 Å². The minimum atomic E-state index is -0.296. The van der Waals surface area contributed by atoms with Crippen molar-refractivity contribution in [1.29, 1.82) is 0 Å². The molecule has 0 saturated carbocycles. The number of fused-ring (bicyclic) bond motifs is 1. The highest BCUT2D eigenvalue weighted by Crippen LogP contribution is 2.32. The summed E-state index contributed by atoms with van der Waals surface area (Å²) in [5.74, 6) is 0.403. The third-order valence-corrected chi connectivity index (χ3v) is 5.02. The predicted molar refractivity (Wildman–Crippen MR) is 111 cm³/mol. The van der Waals surface area contributed by atoms with Crippen LogP contribution in [0.25, 0.3) is 22.2 Å². The molecule has 0 spiro atoms. The number of hydrogen-bond acceptors (Lipinski definition) is 2. The number of hydrogen-bond donors (Lipinski definition) is 0. The van der Waals surface area contributed by atoms with Crippen LogP contribution in [0, 0.1) is 5.82 Å². The van der Waals surface area contributed by atoms with E-state index in [1.165, 1.54) is 6.07 Å². The third kappa shape index (κ3) is 3.86. The van der Waals surface area contributed by atoms with Crippen LogP contribution in [0.3, 0.4) is 0 Å². The van der Waals surface area contributed by atoms with Gasteiger partial charge in [-0.25, -0.2) is 9.37 Å². The standard InChI is InChI=1S/C23H17BrFNO/c24-14-17-10-11-21-19(12-17)23(27-15-16-6-2-1-3-7-16)13-22(26-21)18-8-4-5-9-20(18)25/h1-13H,14-15H2. The van der Waals surface area contributed by atoms with Gasteiger partial charge in [0.15, 0.2) is 0 Å². The Labute approximate surface area is 165 Å². The minimum Gasteiger partial charge on any atom is -0.488 e. The van der Waals surface area contributed by atoms with Crippen molar-refractivity contribution in [2.45, 2.75) is 11.9 Å². The van der Waals surface area contributed by atoms with Crippen LogP contribution in [0.4, 0.5) is 4.39 Å². The Kier molecular flexibility index (Phi) is 5.16. The Morgan fingerprint density at radius 1 is 0.852 bits per heavy atom. The van der Waals surface area contributed by atoms with E-state index in [1.807, 2.05) is 54.6 Å². The molecule has 1 aromatic heterocycles. The molecule has 0 aliphatic carbocycles. The van der Waals surface area contributed by atoms with E-state index in [4.69, 9.17) is 4.74 Å². The summed E-state index contributed by atoms with van der Waals surface area (Å²) in [5, 5.41) is 1.67. The van der Waals surface area contributed by atoms with Gasteiger partial charge in [-0.15, -0.1) is 0 Å². The van der Waals surface area contributed by atoms with Gasteiger partial charge in [-0.2, -0.15) is 0 Å². The van der Waals surface area contributed by atoms with Gasteiger partial charge in [0.25, 0.3) is 0 Å². The molecule has 0 saturated heterocycles. The summed E-state index contributed by atoms with van der Waals surface area (Å²) in [4.78, 5) is 4.66. The topological polar surface area (TPSA) is 22.1 Å². The van der Waals surface area contributed by atoms with Crippen LogP contribution >= 0.6 is 15.9 Å². The molecule has 4 rings (SSSR count). The summed E-state index contributed by atoms with van der Waals surface area (Å²) in [6.07, 6.45) is 0. The van der Waals surface area contributed by atoms with Crippen LogP contribution in [0.5, 0.6) is 5.75 Å². The molecule has 0 fully saturated rings. The molecule has 0 bridgehead atoms. The summed E-state index contributed by atoms with van der Waals surface area (Å²) in [6, 6.07) is 24.5. The zero-order valence-electron chi connectivity index (χ0n) is 14.5. The molecule has 0 radical (unpaired) electrons. The van der Waals surface area contributed by atoms with Gasteiger partial charge >= 0.3 is 0 Å². The van der Waals surface area contributed by atoms with Gasteiger partial charge in [0.2, 0.25) is 0 Å². The fraction of sp³-hybridized carbons (Fsp3) is 0.0870. The number of pyridine rings is 1. The maximum atomic E-state index is 14.3. The number of ether oxygens (including phenoxy) is 1. The van der Waals surface area contributed by atoms with Crippen LogP contribution in [-0.2, 0) is 11.9 Å². The number of benzene rings is 3. The summed E-state index contributed by atoms with van der Waals surface area (Å²) < 4.78 is 20.4. The van der Waals surface area contributed by atoms with Gasteiger partial charge in [-0.3, -0.25) is 0 Å². The fourth-order valence-electron chi connectivity index (χ4n) is 2.99. The molecule has 0 atom stereocenters. The van der Waals surface area contributed by atoms with Crippen LogP contribution < -0.4 is 4.74 Å². The average molecular weight is 422 g/mol. The zero-order valence-corrected chi connectivity index (χ0v) is 16.1. The summed E-state index contributed by atoms with van der Waals surface area (Å²) in [7, 11) is 0. The van der Waals surface area contributed by atoms with Crippen molar-refractivity contribution in [3.05, 3.63) is 95.8 Å². The Morgan fingerprint density at radius 3 is 2.41 bits per heavy atom. The monoisotopic (exact) mass is 421 g/mol. The first-order chi connectivity index (χ1) is 13.2. The van der Waals surface area contributed by atoms with Crippen molar-refractivity contribution in [3.8, 4) is 17.0 Å². The lowest BCUT2D eigenvalue weighted by atomic mass is 10.1. The Hall–Kier alpha value is -2.72. The SMILES string of the molecule is Fc1ccccc1-c1cc(OCc2ccccc2)c2cc(CBr)ccc2n1. The zero-order chi connectivity index (χ0) is 18.6. The summed E-state index contributed by atoms with van der Waals surface area (Å²) >= 11 is 3.49. The Morgan fingerprint density at radius 2 is 1.63 bits per heavy atom. The molecule has 1 heterocycles. The number of rotatable bonds is 5. The predicted octanol–water partition coefficient (Wildman–Crippen LogP) is 6.51. The lowest BCUT2D eigenvalue weighted by Crippen LogP contribution is -1.98. The molecule has 3 aromatic carbocycles. The molecular formula is C23H17BrFNO. The first kappa shape index (κ1) is 17.7. The molecular weight excluding hydrogens is 405 g/mol. The van der Waals surface area contributed by atoms with Crippen molar-refractivity contribution in [2.75, 3.05) is 0 Å². The molecule has 4 aromatic rings. The van der Waals surface area contributed by atoms with Gasteiger partial charge in [-0.1, -0.05) is 64.5 Å². The van der Waals surface area contributed by atoms with E-state index in [0.717, 1.165) is 27.4 Å². The number of nitrogens with zero attached hydrogens (tertiary/aromatic N) is 1. The van der Waals surface area contributed by atoms with Crippen LogP contribution in [-0.4, -0.2) is 4.98 Å². The molecule has 27 heavy (non-hydrogen) atoms. The maximum absolute atomic E-state index is 14.3. The molecule has 0 unspecified atom stereocenters. The van der Waals surface area contributed by atoms with Crippen LogP contribution in [0.1, 0.15) is 11.1 Å². The van der Waals surface area contributed by atoms with E-state index in [2.05, 4.69) is 27.0 Å². The van der Waals surface area contributed by atoms with Crippen molar-refractivity contribution < 1.29 is 9.13 Å². The molecule has 0 amide bonds. The molecule has 0 aliphatic rings. The molecule has 2 nitrogen and oxygen atoms in total. The lowest BCUT2D eigenvalue weighted by molar-refractivity contribution is 0.310. The smallest absolute Gasteiger partial charge is 0.132 e. The fourth-order valence-corrected chi connectivity index (χ4v) is 3.34. The normalized spacial score (nSPS) is 10.9. The van der Waals surface area contributed by atoms with Crippen molar-refractivity contribution >= 4 is 26.8 Å². The van der Waals surface area contributed by atoms with Gasteiger partial charge in [0.1, 0.15) is 18.2 Å². The second-order valence-electron chi connectivity index (χ2n) is 6.24. The highest BCUT2D eigenvalue weighted by molar-refractivity contribution is 9.08. The van der Waals surface area contributed by atoms with Crippen LogP contribution in [0.2, 0.25) is 0 Å². The average Bonchev–Trinajstić information content (AvgIpc) is 2.72. The van der Waals surface area contributed by atoms with E-state index < -0.39 is 0 Å². The maximum Gasteiger partial charge on any atom is 0.132 e. The van der Waals surface area contributed by atoms with E-state index in [9.17, 15) is 4.39 Å². The third-order valence-electron chi connectivity index (χ3n) is 4.38. The number of alkyl halides is 1. The highest BCUT2D eigenvalue weighted by Gasteiger charge is 2.12. The molecule has 4 heteroatoms. The molecule has 134 valence electrons.